The standard InChI is InChI=1S/C15H28N2O2/c1-11(16-13-5-6-13)12-7-9-17(10-8-12)14(18)19-15(2,3)4/h11-13,16H,5-10H2,1-4H3/t11-/m0/s1. The SMILES string of the molecule is C[C@H](NC1CC1)C1CCN(C(=O)OC(C)(C)C)CC1. The lowest BCUT2D eigenvalue weighted by molar-refractivity contribution is 0.0171. The second-order valence-corrected chi connectivity index (χ2v) is 7.03. The smallest absolute Gasteiger partial charge is 0.410 e. The van der Waals surface area contributed by atoms with Crippen LogP contribution in [0.3, 0.4) is 0 Å². The van der Waals surface area contributed by atoms with E-state index >= 15 is 0 Å². The molecule has 1 amide bonds. The van der Waals surface area contributed by atoms with Crippen LogP contribution in [0.15, 0.2) is 0 Å². The van der Waals surface area contributed by atoms with Crippen LogP contribution >= 0.6 is 0 Å². The first-order valence-corrected chi connectivity index (χ1v) is 7.59. The van der Waals surface area contributed by atoms with Crippen molar-refractivity contribution in [2.75, 3.05) is 13.1 Å². The van der Waals surface area contributed by atoms with Gasteiger partial charge in [0, 0.05) is 25.2 Å². The van der Waals surface area contributed by atoms with Gasteiger partial charge in [-0.2, -0.15) is 0 Å². The van der Waals surface area contributed by atoms with Gasteiger partial charge in [0.25, 0.3) is 0 Å². The van der Waals surface area contributed by atoms with Crippen LogP contribution in [0, 0.1) is 5.92 Å². The van der Waals surface area contributed by atoms with Crippen molar-refractivity contribution in [1.29, 1.82) is 0 Å². The van der Waals surface area contributed by atoms with E-state index in [1.54, 1.807) is 0 Å². The van der Waals surface area contributed by atoms with Crippen molar-refractivity contribution < 1.29 is 9.53 Å². The van der Waals surface area contributed by atoms with Crippen molar-refractivity contribution in [1.82, 2.24) is 10.2 Å². The van der Waals surface area contributed by atoms with E-state index in [0.717, 1.165) is 32.0 Å². The fourth-order valence-corrected chi connectivity index (χ4v) is 2.67. The van der Waals surface area contributed by atoms with Crippen molar-refractivity contribution >= 4 is 6.09 Å². The van der Waals surface area contributed by atoms with Crippen LogP contribution < -0.4 is 5.32 Å². The molecule has 1 saturated carbocycles. The summed E-state index contributed by atoms with van der Waals surface area (Å²) in [5.41, 5.74) is -0.394. The van der Waals surface area contributed by atoms with Crippen molar-refractivity contribution in [3.8, 4) is 0 Å². The first kappa shape index (κ1) is 14.6. The summed E-state index contributed by atoms with van der Waals surface area (Å²) in [6.07, 6.45) is 4.68. The summed E-state index contributed by atoms with van der Waals surface area (Å²) in [5.74, 6) is 0.694. The summed E-state index contributed by atoms with van der Waals surface area (Å²) in [6.45, 7) is 9.69. The third kappa shape index (κ3) is 4.68. The number of carbonyl (C=O) groups is 1. The molecular formula is C15H28N2O2. The zero-order valence-corrected chi connectivity index (χ0v) is 12.7. The van der Waals surface area contributed by atoms with Gasteiger partial charge in [0.2, 0.25) is 0 Å². The maximum absolute atomic E-state index is 12.0. The number of hydrogen-bond acceptors (Lipinski definition) is 3. The molecule has 0 unspecified atom stereocenters. The van der Waals surface area contributed by atoms with Crippen LogP contribution in [0.1, 0.15) is 53.4 Å². The number of amides is 1. The lowest BCUT2D eigenvalue weighted by Gasteiger charge is -2.36. The van der Waals surface area contributed by atoms with E-state index in [4.69, 9.17) is 4.74 Å². The van der Waals surface area contributed by atoms with Gasteiger partial charge in [0.15, 0.2) is 0 Å². The summed E-state index contributed by atoms with van der Waals surface area (Å²) in [6, 6.07) is 1.34. The molecule has 1 aliphatic carbocycles. The Bertz CT molecular complexity index is 313. The fraction of sp³-hybridized carbons (Fsp3) is 0.933. The Morgan fingerprint density at radius 3 is 2.26 bits per heavy atom. The van der Waals surface area contributed by atoms with Gasteiger partial charge < -0.3 is 15.0 Å². The van der Waals surface area contributed by atoms with Gasteiger partial charge in [-0.3, -0.25) is 0 Å². The van der Waals surface area contributed by atoms with E-state index in [1.165, 1.54) is 12.8 Å². The van der Waals surface area contributed by atoms with Gasteiger partial charge in [0.1, 0.15) is 5.60 Å². The molecule has 4 heteroatoms. The van der Waals surface area contributed by atoms with Crippen LogP contribution in [0.25, 0.3) is 0 Å². The molecule has 0 spiro atoms. The minimum absolute atomic E-state index is 0.159. The van der Waals surface area contributed by atoms with Gasteiger partial charge in [-0.15, -0.1) is 0 Å². The Morgan fingerprint density at radius 1 is 1.21 bits per heavy atom. The number of rotatable bonds is 3. The Morgan fingerprint density at radius 2 is 1.79 bits per heavy atom. The molecule has 2 rings (SSSR count). The van der Waals surface area contributed by atoms with E-state index in [0.29, 0.717) is 12.0 Å². The molecular weight excluding hydrogens is 240 g/mol. The van der Waals surface area contributed by atoms with Crippen LogP contribution in [-0.4, -0.2) is 41.8 Å². The van der Waals surface area contributed by atoms with Crippen LogP contribution in [0.2, 0.25) is 0 Å². The highest BCUT2D eigenvalue weighted by atomic mass is 16.6. The highest BCUT2D eigenvalue weighted by molar-refractivity contribution is 5.68. The van der Waals surface area contributed by atoms with E-state index in [1.807, 2.05) is 25.7 Å². The molecule has 2 fully saturated rings. The van der Waals surface area contributed by atoms with E-state index in [-0.39, 0.29) is 6.09 Å². The Labute approximate surface area is 116 Å². The molecule has 0 aromatic carbocycles. The monoisotopic (exact) mass is 268 g/mol. The van der Waals surface area contributed by atoms with Crippen molar-refractivity contribution in [2.45, 2.75) is 71.1 Å². The Kier molecular flexibility index (Phi) is 4.39. The molecule has 1 saturated heterocycles. The third-order valence-corrected chi connectivity index (χ3v) is 3.97. The molecule has 0 aromatic rings. The summed E-state index contributed by atoms with van der Waals surface area (Å²) >= 11 is 0. The third-order valence-electron chi connectivity index (χ3n) is 3.97. The van der Waals surface area contributed by atoms with Crippen molar-refractivity contribution in [3.63, 3.8) is 0 Å². The zero-order valence-electron chi connectivity index (χ0n) is 12.7. The predicted octanol–water partition coefficient (Wildman–Crippen LogP) is 2.77. The predicted molar refractivity (Wildman–Crippen MR) is 76.2 cm³/mol. The quantitative estimate of drug-likeness (QED) is 0.855. The lowest BCUT2D eigenvalue weighted by atomic mass is 9.90. The molecule has 19 heavy (non-hydrogen) atoms. The van der Waals surface area contributed by atoms with Crippen LogP contribution in [-0.2, 0) is 4.74 Å². The van der Waals surface area contributed by atoms with E-state index in [9.17, 15) is 4.79 Å². The lowest BCUT2D eigenvalue weighted by Crippen LogP contribution is -2.46. The molecule has 1 N–H and O–H groups in total. The average molecular weight is 268 g/mol. The number of likely N-dealkylation sites (tertiary alicyclic amines) is 1. The summed E-state index contributed by atoms with van der Waals surface area (Å²) in [5, 5.41) is 3.67. The Balaban J connectivity index is 1.73. The normalized spacial score (nSPS) is 23.3. The zero-order chi connectivity index (χ0) is 14.0. The Hall–Kier alpha value is -0.770. The van der Waals surface area contributed by atoms with Gasteiger partial charge >= 0.3 is 6.09 Å². The molecule has 1 heterocycles. The molecule has 0 aromatic heterocycles. The van der Waals surface area contributed by atoms with Crippen molar-refractivity contribution in [3.05, 3.63) is 0 Å². The number of piperidine rings is 1. The number of nitrogens with one attached hydrogen (secondary N) is 1. The molecule has 0 radical (unpaired) electrons. The van der Waals surface area contributed by atoms with E-state index in [2.05, 4.69) is 12.2 Å². The molecule has 110 valence electrons. The summed E-state index contributed by atoms with van der Waals surface area (Å²) in [4.78, 5) is 13.8. The largest absolute Gasteiger partial charge is 0.444 e. The van der Waals surface area contributed by atoms with Gasteiger partial charge in [-0.1, -0.05) is 0 Å². The molecule has 2 aliphatic rings. The van der Waals surface area contributed by atoms with Crippen molar-refractivity contribution in [2.24, 2.45) is 5.92 Å². The first-order chi connectivity index (χ1) is 8.85. The topological polar surface area (TPSA) is 41.6 Å². The maximum atomic E-state index is 12.0. The van der Waals surface area contributed by atoms with Crippen LogP contribution in [0.4, 0.5) is 4.79 Å². The number of nitrogens with zero attached hydrogens (tertiary/aromatic N) is 1. The minimum Gasteiger partial charge on any atom is -0.444 e. The highest BCUT2D eigenvalue weighted by Crippen LogP contribution is 2.26. The van der Waals surface area contributed by atoms with Crippen LogP contribution in [0.5, 0.6) is 0 Å². The fourth-order valence-electron chi connectivity index (χ4n) is 2.67. The highest BCUT2D eigenvalue weighted by Gasteiger charge is 2.31. The second kappa shape index (κ2) is 5.70. The molecule has 0 bridgehead atoms. The first-order valence-electron chi connectivity index (χ1n) is 7.59. The number of ether oxygens (including phenoxy) is 1. The van der Waals surface area contributed by atoms with Gasteiger partial charge in [-0.05, 0) is 59.3 Å². The summed E-state index contributed by atoms with van der Waals surface area (Å²) in [7, 11) is 0. The summed E-state index contributed by atoms with van der Waals surface area (Å²) < 4.78 is 5.42. The number of carbonyl (C=O) groups excluding carboxylic acids is 1. The average Bonchev–Trinajstić information content (AvgIpc) is 3.11. The molecule has 4 nitrogen and oxygen atoms in total. The van der Waals surface area contributed by atoms with Gasteiger partial charge in [0.05, 0.1) is 0 Å². The molecule has 1 aliphatic heterocycles. The number of hydrogen-bond donors (Lipinski definition) is 1. The van der Waals surface area contributed by atoms with E-state index < -0.39 is 5.60 Å². The second-order valence-electron chi connectivity index (χ2n) is 7.03. The minimum atomic E-state index is -0.394. The maximum Gasteiger partial charge on any atom is 0.410 e. The molecule has 1 atom stereocenters. The van der Waals surface area contributed by atoms with Gasteiger partial charge in [-0.25, -0.2) is 4.79 Å².